The van der Waals surface area contributed by atoms with Crippen LogP contribution in [0.2, 0.25) is 0 Å². The van der Waals surface area contributed by atoms with Crippen LogP contribution < -0.4 is 5.43 Å². The minimum absolute atomic E-state index is 0.0166. The summed E-state index contributed by atoms with van der Waals surface area (Å²) in [4.78, 5) is 20.0. The summed E-state index contributed by atoms with van der Waals surface area (Å²) in [6.07, 6.45) is 0. The smallest absolute Gasteiger partial charge is 0.261 e. The lowest BCUT2D eigenvalue weighted by Crippen LogP contribution is -2.03. The van der Waals surface area contributed by atoms with Crippen molar-refractivity contribution in [3.8, 4) is 22.6 Å². The first-order chi connectivity index (χ1) is 15.5. The minimum atomic E-state index is -0.425. The molecule has 0 aliphatic rings. The number of halogens is 1. The summed E-state index contributed by atoms with van der Waals surface area (Å²) in [5, 5.41) is 15.4. The van der Waals surface area contributed by atoms with Crippen LogP contribution in [0, 0.1) is 10.1 Å². The maximum atomic E-state index is 11.1. The van der Waals surface area contributed by atoms with Crippen molar-refractivity contribution in [2.45, 2.75) is 6.92 Å². The van der Waals surface area contributed by atoms with E-state index in [1.165, 1.54) is 12.1 Å². The van der Waals surface area contributed by atoms with Crippen molar-refractivity contribution >= 4 is 33.1 Å². The van der Waals surface area contributed by atoms with Crippen molar-refractivity contribution < 1.29 is 4.92 Å². The Kier molecular flexibility index (Phi) is 6.32. The van der Waals surface area contributed by atoms with E-state index in [-0.39, 0.29) is 5.69 Å². The Bertz CT molecular complexity index is 1290. The van der Waals surface area contributed by atoms with Crippen LogP contribution >= 0.6 is 15.9 Å². The molecule has 4 aromatic rings. The summed E-state index contributed by atoms with van der Waals surface area (Å²) in [5.41, 5.74) is 6.82. The van der Waals surface area contributed by atoms with Crippen molar-refractivity contribution in [1.82, 2.24) is 9.97 Å². The van der Waals surface area contributed by atoms with Crippen molar-refractivity contribution in [2.24, 2.45) is 5.10 Å². The van der Waals surface area contributed by atoms with Gasteiger partial charge in [-0.05, 0) is 19.1 Å². The molecule has 0 unspecified atom stereocenters. The van der Waals surface area contributed by atoms with E-state index in [1.54, 1.807) is 19.1 Å². The standard InChI is InChI=1S/C24H18BrN5O2/c1-16(19-8-5-9-21(14-19)30(31)32)28-29-23-15-22(17-6-3-2-4-7-17)26-24(27-23)18-10-12-20(25)13-11-18/h2-15H,1H3,(H,26,27,29)/b28-16-. The highest BCUT2D eigenvalue weighted by Gasteiger charge is 2.10. The number of anilines is 1. The molecule has 0 saturated carbocycles. The number of nitrogens with one attached hydrogen (secondary N) is 1. The maximum Gasteiger partial charge on any atom is 0.270 e. The molecule has 0 fully saturated rings. The van der Waals surface area contributed by atoms with Gasteiger partial charge in [0.15, 0.2) is 11.6 Å². The van der Waals surface area contributed by atoms with E-state index in [0.717, 1.165) is 21.3 Å². The van der Waals surface area contributed by atoms with Crippen LogP contribution in [0.15, 0.2) is 94.5 Å². The topological polar surface area (TPSA) is 93.3 Å². The first kappa shape index (κ1) is 21.3. The Morgan fingerprint density at radius 2 is 1.69 bits per heavy atom. The Hall–Kier alpha value is -3.91. The summed E-state index contributed by atoms with van der Waals surface area (Å²) >= 11 is 3.45. The third-order valence-electron chi connectivity index (χ3n) is 4.71. The zero-order valence-corrected chi connectivity index (χ0v) is 18.7. The van der Waals surface area contributed by atoms with Crippen molar-refractivity contribution in [3.05, 3.63) is 105 Å². The number of nitro benzene ring substituents is 1. The summed E-state index contributed by atoms with van der Waals surface area (Å²) in [6.45, 7) is 1.78. The van der Waals surface area contributed by atoms with Gasteiger partial charge in [-0.25, -0.2) is 9.97 Å². The maximum absolute atomic E-state index is 11.1. The molecule has 4 rings (SSSR count). The van der Waals surface area contributed by atoms with E-state index >= 15 is 0 Å². The number of benzene rings is 3. The van der Waals surface area contributed by atoms with Gasteiger partial charge in [-0.3, -0.25) is 15.5 Å². The van der Waals surface area contributed by atoms with Crippen molar-refractivity contribution in [2.75, 3.05) is 5.43 Å². The lowest BCUT2D eigenvalue weighted by Gasteiger charge is -2.09. The number of hydrogen-bond donors (Lipinski definition) is 1. The monoisotopic (exact) mass is 487 g/mol. The second-order valence-electron chi connectivity index (χ2n) is 6.95. The second kappa shape index (κ2) is 9.49. The number of aromatic nitrogens is 2. The number of rotatable bonds is 6. The molecule has 8 heteroatoms. The molecular formula is C24H18BrN5O2. The van der Waals surface area contributed by atoms with Crippen molar-refractivity contribution in [3.63, 3.8) is 0 Å². The van der Waals surface area contributed by atoms with Gasteiger partial charge < -0.3 is 0 Å². The highest BCUT2D eigenvalue weighted by molar-refractivity contribution is 9.10. The Labute approximate surface area is 193 Å². The van der Waals surface area contributed by atoms with Gasteiger partial charge >= 0.3 is 0 Å². The number of hydrogen-bond acceptors (Lipinski definition) is 6. The zero-order chi connectivity index (χ0) is 22.5. The number of nitrogens with zero attached hydrogens (tertiary/aromatic N) is 4. The van der Waals surface area contributed by atoms with Crippen LogP contribution in [0.5, 0.6) is 0 Å². The molecule has 0 aliphatic heterocycles. The number of hydrazone groups is 1. The van der Waals surface area contributed by atoms with Crippen LogP contribution in [0.25, 0.3) is 22.6 Å². The average Bonchev–Trinajstić information content (AvgIpc) is 2.83. The van der Waals surface area contributed by atoms with Crippen LogP contribution in [-0.2, 0) is 0 Å². The fourth-order valence-corrected chi connectivity index (χ4v) is 3.30. The number of non-ortho nitro benzene ring substituents is 1. The van der Waals surface area contributed by atoms with Gasteiger partial charge in [0.2, 0.25) is 0 Å². The molecular weight excluding hydrogens is 470 g/mol. The van der Waals surface area contributed by atoms with Gasteiger partial charge in [0.1, 0.15) is 0 Å². The summed E-state index contributed by atoms with van der Waals surface area (Å²) < 4.78 is 0.969. The first-order valence-corrected chi connectivity index (χ1v) is 10.5. The van der Waals surface area contributed by atoms with Crippen LogP contribution in [0.4, 0.5) is 11.5 Å². The largest absolute Gasteiger partial charge is 0.270 e. The van der Waals surface area contributed by atoms with Gasteiger partial charge in [-0.15, -0.1) is 0 Å². The molecule has 0 bridgehead atoms. The van der Waals surface area contributed by atoms with Gasteiger partial charge in [0, 0.05) is 39.4 Å². The molecule has 3 aromatic carbocycles. The van der Waals surface area contributed by atoms with E-state index in [9.17, 15) is 10.1 Å². The van der Waals surface area contributed by atoms with E-state index in [2.05, 4.69) is 31.4 Å². The lowest BCUT2D eigenvalue weighted by atomic mass is 10.1. The molecule has 1 heterocycles. The zero-order valence-electron chi connectivity index (χ0n) is 17.1. The van der Waals surface area contributed by atoms with E-state index in [4.69, 9.17) is 4.98 Å². The van der Waals surface area contributed by atoms with Crippen LogP contribution in [0.1, 0.15) is 12.5 Å². The lowest BCUT2D eigenvalue weighted by molar-refractivity contribution is -0.384. The van der Waals surface area contributed by atoms with Crippen LogP contribution in [-0.4, -0.2) is 20.6 Å². The quantitative estimate of drug-likeness (QED) is 0.195. The SMILES string of the molecule is C/C(=N/Nc1cc(-c2ccccc2)nc(-c2ccc(Br)cc2)n1)c1cccc([N+](=O)[O-])c1. The molecule has 32 heavy (non-hydrogen) atoms. The predicted octanol–water partition coefficient (Wildman–Crippen LogP) is 6.32. The highest BCUT2D eigenvalue weighted by atomic mass is 79.9. The fourth-order valence-electron chi connectivity index (χ4n) is 3.04. The molecule has 0 radical (unpaired) electrons. The third kappa shape index (κ3) is 5.04. The first-order valence-electron chi connectivity index (χ1n) is 9.75. The summed E-state index contributed by atoms with van der Waals surface area (Å²) in [7, 11) is 0. The molecule has 1 aromatic heterocycles. The van der Waals surface area contributed by atoms with Gasteiger partial charge in [0.05, 0.1) is 16.3 Å². The Balaban J connectivity index is 1.70. The third-order valence-corrected chi connectivity index (χ3v) is 5.24. The molecule has 0 atom stereocenters. The predicted molar refractivity (Wildman–Crippen MR) is 130 cm³/mol. The van der Waals surface area contributed by atoms with E-state index in [1.807, 2.05) is 60.7 Å². The van der Waals surface area contributed by atoms with E-state index < -0.39 is 4.92 Å². The summed E-state index contributed by atoms with van der Waals surface area (Å²) in [6, 6.07) is 25.7. The molecule has 0 saturated heterocycles. The molecule has 158 valence electrons. The fraction of sp³-hybridized carbons (Fsp3) is 0.0417. The van der Waals surface area contributed by atoms with Gasteiger partial charge in [0.25, 0.3) is 5.69 Å². The number of nitro groups is 1. The van der Waals surface area contributed by atoms with Crippen molar-refractivity contribution in [1.29, 1.82) is 0 Å². The van der Waals surface area contributed by atoms with E-state index in [0.29, 0.717) is 22.9 Å². The molecule has 0 amide bonds. The van der Waals surface area contributed by atoms with Crippen LogP contribution in [0.3, 0.4) is 0 Å². The average molecular weight is 488 g/mol. The molecule has 1 N–H and O–H groups in total. The Morgan fingerprint density at radius 1 is 0.938 bits per heavy atom. The van der Waals surface area contributed by atoms with Gasteiger partial charge in [-0.2, -0.15) is 5.10 Å². The summed E-state index contributed by atoms with van der Waals surface area (Å²) in [5.74, 6) is 1.08. The second-order valence-corrected chi connectivity index (χ2v) is 7.87. The normalized spacial score (nSPS) is 11.2. The highest BCUT2D eigenvalue weighted by Crippen LogP contribution is 2.25. The molecule has 0 spiro atoms. The van der Waals surface area contributed by atoms with Gasteiger partial charge in [-0.1, -0.05) is 70.5 Å². The molecule has 7 nitrogen and oxygen atoms in total. The minimum Gasteiger partial charge on any atom is -0.261 e. The Morgan fingerprint density at radius 3 is 2.41 bits per heavy atom. The molecule has 0 aliphatic carbocycles.